The van der Waals surface area contributed by atoms with E-state index in [4.69, 9.17) is 9.84 Å². The first-order valence-corrected chi connectivity index (χ1v) is 7.01. The molecule has 1 rings (SSSR count). The summed E-state index contributed by atoms with van der Waals surface area (Å²) in [6.07, 6.45) is 0.175. The molecule has 5 nitrogen and oxygen atoms in total. The second kappa shape index (κ2) is 7.67. The average molecular weight is 293 g/mol. The molecule has 21 heavy (non-hydrogen) atoms. The summed E-state index contributed by atoms with van der Waals surface area (Å²) in [5, 5.41) is 8.77. The van der Waals surface area contributed by atoms with Crippen molar-refractivity contribution in [1.29, 1.82) is 0 Å². The molecule has 0 aromatic heterocycles. The molecule has 0 atom stereocenters. The molecular weight excluding hydrogens is 270 g/mol. The molecule has 0 unspecified atom stereocenters. The van der Waals surface area contributed by atoms with Crippen LogP contribution in [0.4, 0.5) is 0 Å². The number of nitrogens with zero attached hydrogens (tertiary/aromatic N) is 1. The van der Waals surface area contributed by atoms with Gasteiger partial charge in [0.2, 0.25) is 5.91 Å². The number of carboxylic acid groups (broad SMARTS) is 1. The summed E-state index contributed by atoms with van der Waals surface area (Å²) in [6, 6.07) is 9.29. The number of hydrogen-bond acceptors (Lipinski definition) is 3. The Balaban J connectivity index is 2.50. The lowest BCUT2D eigenvalue weighted by Crippen LogP contribution is -2.47. The predicted molar refractivity (Wildman–Crippen MR) is 80.3 cm³/mol. The Labute approximate surface area is 125 Å². The molecule has 1 aromatic rings. The highest BCUT2D eigenvalue weighted by Gasteiger charge is 2.26. The molecule has 116 valence electrons. The fraction of sp³-hybridized carbons (Fsp3) is 0.500. The van der Waals surface area contributed by atoms with Gasteiger partial charge in [-0.15, -0.1) is 0 Å². The van der Waals surface area contributed by atoms with Crippen LogP contribution in [0.2, 0.25) is 0 Å². The van der Waals surface area contributed by atoms with Gasteiger partial charge in [-0.1, -0.05) is 18.2 Å². The Morgan fingerprint density at radius 2 is 1.76 bits per heavy atom. The standard InChI is InChI=1S/C16H23NO4/c1-16(2,3)17(11-9-15(19)20)14(18)10-12-21-13-7-5-4-6-8-13/h4-8H,9-12H2,1-3H3,(H,19,20). The van der Waals surface area contributed by atoms with Crippen molar-refractivity contribution in [3.63, 3.8) is 0 Å². The number of carboxylic acids is 1. The Morgan fingerprint density at radius 1 is 1.14 bits per heavy atom. The molecule has 0 radical (unpaired) electrons. The molecule has 0 saturated heterocycles. The minimum atomic E-state index is -0.905. The third-order valence-corrected chi connectivity index (χ3v) is 2.99. The molecule has 1 N–H and O–H groups in total. The van der Waals surface area contributed by atoms with Gasteiger partial charge in [-0.05, 0) is 32.9 Å². The maximum atomic E-state index is 12.2. The molecule has 0 fully saturated rings. The molecule has 0 aliphatic heterocycles. The monoisotopic (exact) mass is 293 g/mol. The maximum absolute atomic E-state index is 12.2. The summed E-state index contributed by atoms with van der Waals surface area (Å²) >= 11 is 0. The minimum Gasteiger partial charge on any atom is -0.493 e. The number of carbonyl (C=O) groups excluding carboxylic acids is 1. The number of hydrogen-bond donors (Lipinski definition) is 1. The molecule has 0 heterocycles. The van der Waals surface area contributed by atoms with E-state index in [1.165, 1.54) is 0 Å². The van der Waals surface area contributed by atoms with Crippen LogP contribution in [0, 0.1) is 0 Å². The van der Waals surface area contributed by atoms with E-state index in [0.29, 0.717) is 0 Å². The molecule has 0 saturated carbocycles. The number of aliphatic carboxylic acids is 1. The zero-order valence-electron chi connectivity index (χ0n) is 12.8. The second-order valence-electron chi connectivity index (χ2n) is 5.77. The van der Waals surface area contributed by atoms with Gasteiger partial charge in [0.1, 0.15) is 5.75 Å². The third-order valence-electron chi connectivity index (χ3n) is 2.99. The van der Waals surface area contributed by atoms with E-state index in [1.807, 2.05) is 51.1 Å². The van der Waals surface area contributed by atoms with Crippen molar-refractivity contribution < 1.29 is 19.4 Å². The number of ether oxygens (including phenoxy) is 1. The molecule has 0 spiro atoms. The van der Waals surface area contributed by atoms with Crippen molar-refractivity contribution in [3.05, 3.63) is 30.3 Å². The van der Waals surface area contributed by atoms with Crippen LogP contribution < -0.4 is 4.74 Å². The molecule has 0 aliphatic rings. The molecule has 1 amide bonds. The molecule has 0 bridgehead atoms. The van der Waals surface area contributed by atoms with Crippen molar-refractivity contribution in [2.24, 2.45) is 0 Å². The summed E-state index contributed by atoms with van der Waals surface area (Å²) in [4.78, 5) is 24.5. The largest absolute Gasteiger partial charge is 0.493 e. The van der Waals surface area contributed by atoms with Gasteiger partial charge in [-0.2, -0.15) is 0 Å². The summed E-state index contributed by atoms with van der Waals surface area (Å²) < 4.78 is 5.50. The highest BCUT2D eigenvalue weighted by atomic mass is 16.5. The number of carbonyl (C=O) groups is 2. The lowest BCUT2D eigenvalue weighted by molar-refractivity contribution is -0.140. The number of rotatable bonds is 7. The first-order chi connectivity index (χ1) is 9.80. The predicted octanol–water partition coefficient (Wildman–Crippen LogP) is 2.56. The van der Waals surface area contributed by atoms with Gasteiger partial charge >= 0.3 is 5.97 Å². The van der Waals surface area contributed by atoms with Gasteiger partial charge in [0, 0.05) is 12.1 Å². The summed E-state index contributed by atoms with van der Waals surface area (Å²) in [5.41, 5.74) is -0.403. The topological polar surface area (TPSA) is 66.8 Å². The zero-order chi connectivity index (χ0) is 15.9. The number of amides is 1. The molecule has 5 heteroatoms. The van der Waals surface area contributed by atoms with Gasteiger partial charge in [-0.3, -0.25) is 9.59 Å². The minimum absolute atomic E-state index is 0.0530. The highest BCUT2D eigenvalue weighted by Crippen LogP contribution is 2.16. The smallest absolute Gasteiger partial charge is 0.305 e. The van der Waals surface area contributed by atoms with Crippen LogP contribution in [0.25, 0.3) is 0 Å². The SMILES string of the molecule is CC(C)(C)N(CCC(=O)O)C(=O)CCOc1ccccc1. The van der Waals surface area contributed by atoms with Crippen molar-refractivity contribution in [2.75, 3.05) is 13.2 Å². The molecular formula is C16H23NO4. The van der Waals surface area contributed by atoms with Gasteiger partial charge in [0.15, 0.2) is 0 Å². The number of benzene rings is 1. The van der Waals surface area contributed by atoms with Crippen LogP contribution >= 0.6 is 0 Å². The summed E-state index contributed by atoms with van der Waals surface area (Å²) in [7, 11) is 0. The highest BCUT2D eigenvalue weighted by molar-refractivity contribution is 5.78. The van der Waals surface area contributed by atoms with E-state index in [2.05, 4.69) is 0 Å². The first kappa shape index (κ1) is 17.0. The lowest BCUT2D eigenvalue weighted by atomic mass is 10.0. The van der Waals surface area contributed by atoms with Gasteiger partial charge in [0.05, 0.1) is 19.4 Å². The van der Waals surface area contributed by atoms with Crippen LogP contribution in [0.3, 0.4) is 0 Å². The quantitative estimate of drug-likeness (QED) is 0.839. The van der Waals surface area contributed by atoms with Crippen molar-refractivity contribution in [1.82, 2.24) is 4.90 Å². The van der Waals surface area contributed by atoms with E-state index < -0.39 is 11.5 Å². The molecule has 0 aliphatic carbocycles. The first-order valence-electron chi connectivity index (χ1n) is 7.01. The van der Waals surface area contributed by atoms with Crippen molar-refractivity contribution >= 4 is 11.9 Å². The summed E-state index contributed by atoms with van der Waals surface area (Å²) in [6.45, 7) is 6.17. The van der Waals surface area contributed by atoms with Crippen molar-refractivity contribution in [3.8, 4) is 5.75 Å². The fourth-order valence-electron chi connectivity index (χ4n) is 1.95. The van der Waals surface area contributed by atoms with Gasteiger partial charge in [-0.25, -0.2) is 0 Å². The Bertz CT molecular complexity index is 465. The normalized spacial score (nSPS) is 11.0. The van der Waals surface area contributed by atoms with Crippen LogP contribution in [-0.2, 0) is 9.59 Å². The zero-order valence-corrected chi connectivity index (χ0v) is 12.8. The van der Waals surface area contributed by atoms with E-state index >= 15 is 0 Å². The van der Waals surface area contributed by atoms with Gasteiger partial charge < -0.3 is 14.7 Å². The third kappa shape index (κ3) is 6.29. The van der Waals surface area contributed by atoms with E-state index in [-0.39, 0.29) is 31.9 Å². The Hall–Kier alpha value is -2.04. The second-order valence-corrected chi connectivity index (χ2v) is 5.77. The Morgan fingerprint density at radius 3 is 2.29 bits per heavy atom. The number of para-hydroxylation sites is 1. The average Bonchev–Trinajstić information content (AvgIpc) is 2.38. The Kier molecular flexibility index (Phi) is 6.21. The lowest BCUT2D eigenvalue weighted by Gasteiger charge is -2.35. The fourth-order valence-corrected chi connectivity index (χ4v) is 1.95. The van der Waals surface area contributed by atoms with E-state index in [0.717, 1.165) is 5.75 Å². The van der Waals surface area contributed by atoms with Crippen LogP contribution in [0.15, 0.2) is 30.3 Å². The van der Waals surface area contributed by atoms with Gasteiger partial charge in [0.25, 0.3) is 0 Å². The van der Waals surface area contributed by atoms with Crippen LogP contribution in [0.1, 0.15) is 33.6 Å². The maximum Gasteiger partial charge on any atom is 0.305 e. The van der Waals surface area contributed by atoms with Crippen LogP contribution in [0.5, 0.6) is 5.75 Å². The molecule has 1 aromatic carbocycles. The van der Waals surface area contributed by atoms with E-state index in [1.54, 1.807) is 4.90 Å². The van der Waals surface area contributed by atoms with Crippen molar-refractivity contribution in [2.45, 2.75) is 39.2 Å². The van der Waals surface area contributed by atoms with E-state index in [9.17, 15) is 9.59 Å². The van der Waals surface area contributed by atoms with Crippen LogP contribution in [-0.4, -0.2) is 40.6 Å². The summed E-state index contributed by atoms with van der Waals surface area (Å²) in [5.74, 6) is -0.282.